The van der Waals surface area contributed by atoms with Crippen LogP contribution in [0.1, 0.15) is 25.5 Å². The average molecular weight is 195 g/mol. The molecule has 0 bridgehead atoms. The summed E-state index contributed by atoms with van der Waals surface area (Å²) in [7, 11) is 0. The van der Waals surface area contributed by atoms with Gasteiger partial charge in [-0.05, 0) is 12.0 Å². The number of aromatic amines is 1. The van der Waals surface area contributed by atoms with Crippen molar-refractivity contribution in [1.29, 1.82) is 0 Å². The molecule has 0 spiro atoms. The monoisotopic (exact) mass is 195 g/mol. The Morgan fingerprint density at radius 1 is 1.43 bits per heavy atom. The van der Waals surface area contributed by atoms with Crippen LogP contribution in [0.5, 0.6) is 0 Å². The predicted octanol–water partition coefficient (Wildman–Crippen LogP) is 1.20. The molecule has 1 rings (SSSR count). The van der Waals surface area contributed by atoms with Crippen LogP contribution in [0.25, 0.3) is 0 Å². The fourth-order valence-electron chi connectivity index (χ4n) is 1.42. The first kappa shape index (κ1) is 10.5. The third-order valence-electron chi connectivity index (χ3n) is 2.06. The van der Waals surface area contributed by atoms with Gasteiger partial charge >= 0.3 is 5.97 Å². The lowest BCUT2D eigenvalue weighted by Gasteiger charge is -2.15. The zero-order valence-electron chi connectivity index (χ0n) is 8.15. The minimum Gasteiger partial charge on any atom is -0.481 e. The molecule has 14 heavy (non-hydrogen) atoms. The number of nitrogens with one attached hydrogen (secondary N) is 1. The van der Waals surface area contributed by atoms with E-state index in [0.29, 0.717) is 5.69 Å². The minimum absolute atomic E-state index is 0.0504. The number of carboxylic acid groups (broad SMARTS) is 1. The van der Waals surface area contributed by atoms with Crippen LogP contribution in [0.2, 0.25) is 0 Å². The summed E-state index contributed by atoms with van der Waals surface area (Å²) in [6.45, 7) is 3.62. The van der Waals surface area contributed by atoms with Crippen molar-refractivity contribution in [3.63, 3.8) is 0 Å². The molecule has 0 aromatic carbocycles. The third kappa shape index (κ3) is 2.22. The van der Waals surface area contributed by atoms with Gasteiger partial charge in [0, 0.05) is 11.8 Å². The quantitative estimate of drug-likeness (QED) is 0.761. The molecule has 0 aliphatic rings. The highest BCUT2D eigenvalue weighted by Gasteiger charge is 2.23. The largest absolute Gasteiger partial charge is 0.481 e. The number of hydrogen-bond donors (Lipinski definition) is 2. The number of carbonyl (C=O) groups is 1. The van der Waals surface area contributed by atoms with Crippen molar-refractivity contribution in [2.24, 2.45) is 5.92 Å². The van der Waals surface area contributed by atoms with E-state index in [9.17, 15) is 9.59 Å². The fourth-order valence-corrected chi connectivity index (χ4v) is 1.42. The van der Waals surface area contributed by atoms with Crippen LogP contribution < -0.4 is 5.56 Å². The van der Waals surface area contributed by atoms with Crippen LogP contribution >= 0.6 is 0 Å². The topological polar surface area (TPSA) is 70.2 Å². The van der Waals surface area contributed by atoms with Crippen molar-refractivity contribution < 1.29 is 9.90 Å². The molecule has 1 atom stereocenters. The van der Waals surface area contributed by atoms with Crippen molar-refractivity contribution >= 4 is 5.97 Å². The summed E-state index contributed by atoms with van der Waals surface area (Å²) in [6.07, 6.45) is 0. The zero-order chi connectivity index (χ0) is 10.7. The number of hydrogen-bond acceptors (Lipinski definition) is 2. The van der Waals surface area contributed by atoms with Gasteiger partial charge in [0.15, 0.2) is 0 Å². The Labute approximate surface area is 81.6 Å². The second-order valence-corrected chi connectivity index (χ2v) is 3.53. The molecule has 0 saturated carbocycles. The number of pyridine rings is 1. The van der Waals surface area contributed by atoms with Crippen molar-refractivity contribution in [3.8, 4) is 0 Å². The van der Waals surface area contributed by atoms with Gasteiger partial charge in [-0.2, -0.15) is 0 Å². The molecule has 0 radical (unpaired) electrons. The lowest BCUT2D eigenvalue weighted by atomic mass is 9.92. The number of aromatic nitrogens is 1. The third-order valence-corrected chi connectivity index (χ3v) is 2.06. The molecule has 0 saturated heterocycles. The van der Waals surface area contributed by atoms with Gasteiger partial charge in [-0.15, -0.1) is 0 Å². The fraction of sp³-hybridized carbons (Fsp3) is 0.400. The molecule has 0 aliphatic heterocycles. The van der Waals surface area contributed by atoms with Crippen LogP contribution in [0.4, 0.5) is 0 Å². The van der Waals surface area contributed by atoms with Crippen LogP contribution in [-0.2, 0) is 4.79 Å². The standard InChI is InChI=1S/C10H13NO3/c1-6(2)9(10(13)14)7-4-3-5-8(12)11-7/h3-6,9H,1-2H3,(H,11,12)(H,13,14). The smallest absolute Gasteiger partial charge is 0.312 e. The van der Waals surface area contributed by atoms with E-state index in [-0.39, 0.29) is 11.5 Å². The molecule has 0 aliphatic carbocycles. The van der Waals surface area contributed by atoms with Gasteiger partial charge in [-0.3, -0.25) is 9.59 Å². The Kier molecular flexibility index (Phi) is 3.06. The first-order chi connectivity index (χ1) is 6.52. The summed E-state index contributed by atoms with van der Waals surface area (Å²) in [5, 5.41) is 8.97. The average Bonchev–Trinajstić information content (AvgIpc) is 2.02. The normalized spacial score (nSPS) is 12.8. The van der Waals surface area contributed by atoms with E-state index < -0.39 is 11.9 Å². The summed E-state index contributed by atoms with van der Waals surface area (Å²) in [5.41, 5.74) is 0.189. The van der Waals surface area contributed by atoms with Crippen LogP contribution in [-0.4, -0.2) is 16.1 Å². The maximum Gasteiger partial charge on any atom is 0.312 e. The highest BCUT2D eigenvalue weighted by molar-refractivity contribution is 5.75. The maximum atomic E-state index is 11.0. The highest BCUT2D eigenvalue weighted by Crippen LogP contribution is 2.21. The van der Waals surface area contributed by atoms with E-state index in [0.717, 1.165) is 0 Å². The van der Waals surface area contributed by atoms with Gasteiger partial charge in [-0.1, -0.05) is 19.9 Å². The molecule has 4 nitrogen and oxygen atoms in total. The van der Waals surface area contributed by atoms with Gasteiger partial charge < -0.3 is 10.1 Å². The van der Waals surface area contributed by atoms with Crippen molar-refractivity contribution in [3.05, 3.63) is 34.2 Å². The number of H-pyrrole nitrogens is 1. The molecule has 2 N–H and O–H groups in total. The predicted molar refractivity (Wildman–Crippen MR) is 52.3 cm³/mol. The van der Waals surface area contributed by atoms with E-state index in [4.69, 9.17) is 5.11 Å². The Morgan fingerprint density at radius 3 is 2.50 bits per heavy atom. The van der Waals surface area contributed by atoms with Crippen LogP contribution in [0, 0.1) is 5.92 Å². The van der Waals surface area contributed by atoms with Gasteiger partial charge in [0.05, 0.1) is 5.92 Å². The highest BCUT2D eigenvalue weighted by atomic mass is 16.4. The Hall–Kier alpha value is -1.58. The van der Waals surface area contributed by atoms with Gasteiger partial charge in [0.25, 0.3) is 0 Å². The number of rotatable bonds is 3. The SMILES string of the molecule is CC(C)C(C(=O)O)c1cccc(=O)[nH]1. The first-order valence-corrected chi connectivity index (χ1v) is 4.44. The van der Waals surface area contributed by atoms with E-state index in [1.165, 1.54) is 6.07 Å². The van der Waals surface area contributed by atoms with E-state index in [1.807, 2.05) is 13.8 Å². The molecule has 0 fully saturated rings. The molecule has 76 valence electrons. The van der Waals surface area contributed by atoms with Crippen LogP contribution in [0.15, 0.2) is 23.0 Å². The molecule has 1 aromatic rings. The molecule has 0 amide bonds. The summed E-state index contributed by atoms with van der Waals surface area (Å²) in [5.74, 6) is -1.61. The number of aliphatic carboxylic acids is 1. The molecule has 4 heteroatoms. The summed E-state index contributed by atoms with van der Waals surface area (Å²) in [6, 6.07) is 4.55. The Bertz CT molecular complexity index is 381. The molecule has 1 heterocycles. The van der Waals surface area contributed by atoms with E-state index in [2.05, 4.69) is 4.98 Å². The maximum absolute atomic E-state index is 11.0. The van der Waals surface area contributed by atoms with E-state index >= 15 is 0 Å². The van der Waals surface area contributed by atoms with Crippen molar-refractivity contribution in [1.82, 2.24) is 4.98 Å². The summed E-state index contributed by atoms with van der Waals surface area (Å²) < 4.78 is 0. The molecular formula is C10H13NO3. The lowest BCUT2D eigenvalue weighted by molar-refractivity contribution is -0.140. The number of carboxylic acids is 1. The van der Waals surface area contributed by atoms with Gasteiger partial charge in [0.2, 0.25) is 5.56 Å². The van der Waals surface area contributed by atoms with Gasteiger partial charge in [0.1, 0.15) is 0 Å². The Balaban J connectivity index is 3.12. The molecule has 1 unspecified atom stereocenters. The molecule has 1 aromatic heterocycles. The van der Waals surface area contributed by atoms with Crippen molar-refractivity contribution in [2.45, 2.75) is 19.8 Å². The van der Waals surface area contributed by atoms with Crippen LogP contribution in [0.3, 0.4) is 0 Å². The zero-order valence-corrected chi connectivity index (χ0v) is 8.15. The second kappa shape index (κ2) is 4.09. The lowest BCUT2D eigenvalue weighted by Crippen LogP contribution is -2.21. The minimum atomic E-state index is -0.915. The second-order valence-electron chi connectivity index (χ2n) is 3.53. The first-order valence-electron chi connectivity index (χ1n) is 4.44. The van der Waals surface area contributed by atoms with Gasteiger partial charge in [-0.25, -0.2) is 0 Å². The van der Waals surface area contributed by atoms with Crippen molar-refractivity contribution in [2.75, 3.05) is 0 Å². The summed E-state index contributed by atoms with van der Waals surface area (Å²) in [4.78, 5) is 24.5. The summed E-state index contributed by atoms with van der Waals surface area (Å²) >= 11 is 0. The van der Waals surface area contributed by atoms with E-state index in [1.54, 1.807) is 12.1 Å². The molecular weight excluding hydrogens is 182 g/mol. The Morgan fingerprint density at radius 2 is 2.07 bits per heavy atom.